The summed E-state index contributed by atoms with van der Waals surface area (Å²) in [6, 6.07) is 0. The van der Waals surface area contributed by atoms with E-state index in [0.29, 0.717) is 0 Å². The predicted molar refractivity (Wildman–Crippen MR) is 55.0 cm³/mol. The highest BCUT2D eigenvalue weighted by Gasteiger charge is 2.47. The number of carboxylic acids is 1. The molecular formula is C11H18F2O2. The SMILES string of the molecule is C=C(C)C(F)(F)C(CC(=O)O)C(C)(C)C. The van der Waals surface area contributed by atoms with Crippen LogP contribution in [0.2, 0.25) is 0 Å². The number of alkyl halides is 2. The Hall–Kier alpha value is -0.930. The lowest BCUT2D eigenvalue weighted by Crippen LogP contribution is -2.39. The van der Waals surface area contributed by atoms with Gasteiger partial charge in [-0.1, -0.05) is 27.4 Å². The number of hydrogen-bond donors (Lipinski definition) is 1. The molecule has 1 atom stereocenters. The number of halogens is 2. The molecule has 15 heavy (non-hydrogen) atoms. The Balaban J connectivity index is 5.11. The van der Waals surface area contributed by atoms with Crippen LogP contribution in [-0.2, 0) is 4.79 Å². The van der Waals surface area contributed by atoms with Crippen LogP contribution < -0.4 is 0 Å². The van der Waals surface area contributed by atoms with Gasteiger partial charge in [-0.05, 0) is 17.9 Å². The largest absolute Gasteiger partial charge is 0.481 e. The molecule has 1 N–H and O–H groups in total. The van der Waals surface area contributed by atoms with E-state index in [2.05, 4.69) is 6.58 Å². The first-order chi connectivity index (χ1) is 6.49. The minimum Gasteiger partial charge on any atom is -0.481 e. The van der Waals surface area contributed by atoms with E-state index in [0.717, 1.165) is 0 Å². The Morgan fingerprint density at radius 1 is 1.40 bits per heavy atom. The molecule has 2 nitrogen and oxygen atoms in total. The predicted octanol–water partition coefficient (Wildman–Crippen LogP) is 3.33. The van der Waals surface area contributed by atoms with Crippen molar-refractivity contribution in [1.82, 2.24) is 0 Å². The molecule has 0 aromatic carbocycles. The fourth-order valence-electron chi connectivity index (χ4n) is 1.45. The minimum absolute atomic E-state index is 0.288. The maximum absolute atomic E-state index is 13.7. The van der Waals surface area contributed by atoms with Crippen LogP contribution in [0.1, 0.15) is 34.1 Å². The molecule has 0 aliphatic rings. The van der Waals surface area contributed by atoms with Crippen LogP contribution in [0.15, 0.2) is 12.2 Å². The molecular weight excluding hydrogens is 202 g/mol. The highest BCUT2D eigenvalue weighted by atomic mass is 19.3. The molecule has 0 aliphatic heterocycles. The maximum Gasteiger partial charge on any atom is 0.303 e. The lowest BCUT2D eigenvalue weighted by molar-refractivity contribution is -0.145. The topological polar surface area (TPSA) is 37.3 Å². The highest BCUT2D eigenvalue weighted by molar-refractivity contribution is 5.67. The van der Waals surface area contributed by atoms with Crippen LogP contribution in [0.5, 0.6) is 0 Å². The van der Waals surface area contributed by atoms with Crippen molar-refractivity contribution in [2.75, 3.05) is 0 Å². The molecule has 0 heterocycles. The standard InChI is InChI=1S/C11H18F2O2/c1-7(2)11(12,13)8(6-9(14)15)10(3,4)5/h8H,1,6H2,2-5H3,(H,14,15). The van der Waals surface area contributed by atoms with Crippen LogP contribution >= 0.6 is 0 Å². The molecule has 4 heteroatoms. The number of hydrogen-bond acceptors (Lipinski definition) is 1. The lowest BCUT2D eigenvalue weighted by Gasteiger charge is -2.36. The van der Waals surface area contributed by atoms with Gasteiger partial charge in [-0.3, -0.25) is 4.79 Å². The van der Waals surface area contributed by atoms with Crippen LogP contribution in [0.25, 0.3) is 0 Å². The van der Waals surface area contributed by atoms with Gasteiger partial charge in [0.2, 0.25) is 0 Å². The van der Waals surface area contributed by atoms with Gasteiger partial charge in [0, 0.05) is 5.92 Å². The Labute approximate surface area is 89.0 Å². The molecule has 88 valence electrons. The summed E-state index contributed by atoms with van der Waals surface area (Å²) in [5, 5.41) is 8.63. The molecule has 0 aliphatic carbocycles. The van der Waals surface area contributed by atoms with E-state index < -0.39 is 29.6 Å². The van der Waals surface area contributed by atoms with Gasteiger partial charge >= 0.3 is 5.97 Å². The normalized spacial score (nSPS) is 14.8. The smallest absolute Gasteiger partial charge is 0.303 e. The first-order valence-corrected chi connectivity index (χ1v) is 4.75. The second kappa shape index (κ2) is 4.29. The fourth-order valence-corrected chi connectivity index (χ4v) is 1.45. The van der Waals surface area contributed by atoms with E-state index in [9.17, 15) is 13.6 Å². The summed E-state index contributed by atoms with van der Waals surface area (Å²) in [5.74, 6) is -5.59. The lowest BCUT2D eigenvalue weighted by atomic mass is 9.73. The first-order valence-electron chi connectivity index (χ1n) is 4.75. The second-order valence-electron chi connectivity index (χ2n) is 4.92. The summed E-state index contributed by atoms with van der Waals surface area (Å²) in [6.45, 7) is 9.27. The van der Waals surface area contributed by atoms with Crippen molar-refractivity contribution in [1.29, 1.82) is 0 Å². The monoisotopic (exact) mass is 220 g/mol. The van der Waals surface area contributed by atoms with Crippen molar-refractivity contribution in [2.45, 2.75) is 40.0 Å². The Morgan fingerprint density at radius 3 is 2.00 bits per heavy atom. The second-order valence-corrected chi connectivity index (χ2v) is 4.92. The third-order valence-electron chi connectivity index (χ3n) is 2.43. The van der Waals surface area contributed by atoms with Crippen LogP contribution in [0.3, 0.4) is 0 Å². The van der Waals surface area contributed by atoms with E-state index >= 15 is 0 Å². The van der Waals surface area contributed by atoms with Gasteiger partial charge in [0.25, 0.3) is 5.92 Å². The summed E-state index contributed by atoms with van der Waals surface area (Å²) < 4.78 is 27.4. The van der Waals surface area contributed by atoms with Gasteiger partial charge < -0.3 is 5.11 Å². The summed E-state index contributed by atoms with van der Waals surface area (Å²) in [6.07, 6.45) is -0.552. The molecule has 0 saturated heterocycles. The Bertz CT molecular complexity index is 264. The molecule has 0 aromatic rings. The average Bonchev–Trinajstić information content (AvgIpc) is 1.97. The van der Waals surface area contributed by atoms with Gasteiger partial charge in [0.15, 0.2) is 0 Å². The molecule has 0 spiro atoms. The maximum atomic E-state index is 13.7. The van der Waals surface area contributed by atoms with Gasteiger partial charge in [-0.2, -0.15) is 0 Å². The molecule has 0 rings (SSSR count). The molecule has 0 bridgehead atoms. The minimum atomic E-state index is -3.14. The van der Waals surface area contributed by atoms with Crippen LogP contribution in [0, 0.1) is 11.3 Å². The zero-order valence-corrected chi connectivity index (χ0v) is 9.60. The Morgan fingerprint density at radius 2 is 1.80 bits per heavy atom. The summed E-state index contributed by atoms with van der Waals surface area (Å²) in [5.41, 5.74) is -1.07. The Kier molecular flexibility index (Phi) is 4.02. The number of aliphatic carboxylic acids is 1. The van der Waals surface area contributed by atoms with Crippen molar-refractivity contribution < 1.29 is 18.7 Å². The summed E-state index contributed by atoms with van der Waals surface area (Å²) >= 11 is 0. The molecule has 0 radical (unpaired) electrons. The van der Waals surface area contributed by atoms with Gasteiger partial charge in [0.1, 0.15) is 0 Å². The number of allylic oxidation sites excluding steroid dienone is 1. The summed E-state index contributed by atoms with van der Waals surface area (Å²) in [4.78, 5) is 10.6. The van der Waals surface area contributed by atoms with E-state index in [1.807, 2.05) is 0 Å². The van der Waals surface area contributed by atoms with Crippen LogP contribution in [-0.4, -0.2) is 17.0 Å². The van der Waals surface area contributed by atoms with Gasteiger partial charge in [0.05, 0.1) is 6.42 Å². The van der Waals surface area contributed by atoms with Crippen molar-refractivity contribution >= 4 is 5.97 Å². The molecule has 0 fully saturated rings. The van der Waals surface area contributed by atoms with E-state index in [1.165, 1.54) is 6.92 Å². The molecule has 0 amide bonds. The van der Waals surface area contributed by atoms with E-state index in [4.69, 9.17) is 5.11 Å². The molecule has 0 aromatic heterocycles. The first kappa shape index (κ1) is 14.1. The summed E-state index contributed by atoms with van der Waals surface area (Å²) in [7, 11) is 0. The third kappa shape index (κ3) is 3.61. The highest BCUT2D eigenvalue weighted by Crippen LogP contribution is 2.44. The number of carboxylic acid groups (broad SMARTS) is 1. The van der Waals surface area contributed by atoms with E-state index in [-0.39, 0.29) is 5.57 Å². The quantitative estimate of drug-likeness (QED) is 0.738. The molecule has 1 unspecified atom stereocenters. The number of rotatable bonds is 4. The van der Waals surface area contributed by atoms with E-state index in [1.54, 1.807) is 20.8 Å². The fraction of sp³-hybridized carbons (Fsp3) is 0.727. The van der Waals surface area contributed by atoms with Gasteiger partial charge in [-0.15, -0.1) is 0 Å². The van der Waals surface area contributed by atoms with Crippen LogP contribution in [0.4, 0.5) is 8.78 Å². The number of carbonyl (C=O) groups is 1. The average molecular weight is 220 g/mol. The third-order valence-corrected chi connectivity index (χ3v) is 2.43. The van der Waals surface area contributed by atoms with Crippen molar-refractivity contribution in [3.05, 3.63) is 12.2 Å². The van der Waals surface area contributed by atoms with Crippen molar-refractivity contribution in [2.24, 2.45) is 11.3 Å². The van der Waals surface area contributed by atoms with Gasteiger partial charge in [-0.25, -0.2) is 8.78 Å². The molecule has 0 saturated carbocycles. The zero-order valence-electron chi connectivity index (χ0n) is 9.60. The zero-order chi connectivity index (χ0) is 12.4. The van der Waals surface area contributed by atoms with Crippen molar-refractivity contribution in [3.63, 3.8) is 0 Å². The van der Waals surface area contributed by atoms with Crippen molar-refractivity contribution in [3.8, 4) is 0 Å².